The van der Waals surface area contributed by atoms with Crippen LogP contribution in [-0.4, -0.2) is 11.8 Å². The Morgan fingerprint density at radius 1 is 1.10 bits per heavy atom. The normalized spacial score (nSPS) is 17.9. The predicted molar refractivity (Wildman–Crippen MR) is 78.7 cm³/mol. The second-order valence-corrected chi connectivity index (χ2v) is 5.26. The monoisotopic (exact) mass is 267 g/mol. The summed E-state index contributed by atoms with van der Waals surface area (Å²) in [5.74, 6) is -0.631. The van der Waals surface area contributed by atoms with E-state index in [1.54, 1.807) is 0 Å². The highest BCUT2D eigenvalue weighted by Crippen LogP contribution is 2.33. The lowest BCUT2D eigenvalue weighted by Gasteiger charge is -2.25. The topological polar surface area (TPSA) is 46.2 Å². The number of nitrogens with one attached hydrogen (secondary N) is 1. The molecule has 0 saturated carbocycles. The van der Waals surface area contributed by atoms with Gasteiger partial charge in [-0.2, -0.15) is 0 Å². The highest BCUT2D eigenvalue weighted by atomic mass is 16.2. The average Bonchev–Trinajstić information content (AvgIpc) is 2.46. The van der Waals surface area contributed by atoms with Crippen LogP contribution in [0.15, 0.2) is 36.4 Å². The summed E-state index contributed by atoms with van der Waals surface area (Å²) in [5, 5.41) is 4.47. The highest BCUT2D eigenvalue weighted by molar-refractivity contribution is 6.17. The van der Waals surface area contributed by atoms with Crippen LogP contribution in [0.1, 0.15) is 48.0 Å². The highest BCUT2D eigenvalue weighted by Gasteiger charge is 2.32. The quantitative estimate of drug-likeness (QED) is 0.866. The fraction of sp³-hybridized carbons (Fsp3) is 0.294. The second-order valence-electron chi connectivity index (χ2n) is 5.26. The van der Waals surface area contributed by atoms with Crippen LogP contribution in [0.4, 0.5) is 0 Å². The van der Waals surface area contributed by atoms with E-state index in [4.69, 9.17) is 0 Å². The molecule has 3 nitrogen and oxygen atoms in total. The van der Waals surface area contributed by atoms with E-state index in [2.05, 4.69) is 12.2 Å². The Morgan fingerprint density at radius 2 is 1.90 bits per heavy atom. The molecule has 1 unspecified atom stereocenters. The molecule has 2 aromatic rings. The van der Waals surface area contributed by atoms with Crippen LogP contribution < -0.4 is 5.32 Å². The minimum absolute atomic E-state index is 0.161. The van der Waals surface area contributed by atoms with E-state index >= 15 is 0 Å². The van der Waals surface area contributed by atoms with Gasteiger partial charge in [-0.1, -0.05) is 56.2 Å². The van der Waals surface area contributed by atoms with Gasteiger partial charge in [-0.25, -0.2) is 0 Å². The van der Waals surface area contributed by atoms with E-state index in [1.165, 1.54) is 0 Å². The van der Waals surface area contributed by atoms with Crippen LogP contribution >= 0.6 is 0 Å². The third-order valence-electron chi connectivity index (χ3n) is 3.96. The predicted octanol–water partition coefficient (Wildman–Crippen LogP) is 3.38. The maximum Gasteiger partial charge on any atom is 0.258 e. The molecule has 1 aliphatic heterocycles. The number of fused-ring (bicyclic) bond motifs is 3. The van der Waals surface area contributed by atoms with Gasteiger partial charge in [-0.3, -0.25) is 14.9 Å². The van der Waals surface area contributed by atoms with Crippen LogP contribution in [0.3, 0.4) is 0 Å². The number of hydrogen-bond donors (Lipinski definition) is 1. The van der Waals surface area contributed by atoms with Crippen molar-refractivity contribution < 1.29 is 9.59 Å². The van der Waals surface area contributed by atoms with Gasteiger partial charge in [0.05, 0.1) is 11.5 Å². The van der Waals surface area contributed by atoms with E-state index in [1.807, 2.05) is 36.4 Å². The third-order valence-corrected chi connectivity index (χ3v) is 3.96. The molecule has 102 valence electrons. The molecule has 0 radical (unpaired) electrons. The van der Waals surface area contributed by atoms with Gasteiger partial charge >= 0.3 is 0 Å². The van der Waals surface area contributed by atoms with Crippen LogP contribution in [0, 0.1) is 0 Å². The maximum absolute atomic E-state index is 12.2. The Morgan fingerprint density at radius 3 is 2.70 bits per heavy atom. The molecule has 1 N–H and O–H groups in total. The molecule has 3 heteroatoms. The van der Waals surface area contributed by atoms with Crippen molar-refractivity contribution in [3.05, 3.63) is 47.5 Å². The van der Waals surface area contributed by atoms with Crippen molar-refractivity contribution in [3.8, 4) is 0 Å². The largest absolute Gasteiger partial charge is 0.292 e. The summed E-state index contributed by atoms with van der Waals surface area (Å²) in [5.41, 5.74) is 1.55. The summed E-state index contributed by atoms with van der Waals surface area (Å²) >= 11 is 0. The number of unbranched alkanes of at least 4 members (excludes halogenated alkanes) is 1. The molecule has 1 heterocycles. The van der Waals surface area contributed by atoms with Crippen molar-refractivity contribution in [2.45, 2.75) is 32.1 Å². The van der Waals surface area contributed by atoms with Gasteiger partial charge in [0.25, 0.3) is 5.91 Å². The lowest BCUT2D eigenvalue weighted by atomic mass is 9.84. The molecular weight excluding hydrogens is 250 g/mol. The lowest BCUT2D eigenvalue weighted by Crippen LogP contribution is -2.40. The first-order valence-electron chi connectivity index (χ1n) is 7.09. The minimum atomic E-state index is -0.269. The molecule has 0 aliphatic carbocycles. The Balaban J connectivity index is 2.18. The number of amides is 2. The van der Waals surface area contributed by atoms with Gasteiger partial charge in [0.2, 0.25) is 5.91 Å². The van der Waals surface area contributed by atoms with Gasteiger partial charge in [0.1, 0.15) is 0 Å². The Labute approximate surface area is 118 Å². The molecule has 1 aliphatic rings. The smallest absolute Gasteiger partial charge is 0.258 e. The third kappa shape index (κ3) is 1.99. The van der Waals surface area contributed by atoms with Crippen molar-refractivity contribution in [1.82, 2.24) is 5.32 Å². The van der Waals surface area contributed by atoms with Gasteiger partial charge in [0.15, 0.2) is 0 Å². The zero-order chi connectivity index (χ0) is 14.1. The molecule has 20 heavy (non-hydrogen) atoms. The van der Waals surface area contributed by atoms with Crippen molar-refractivity contribution >= 4 is 22.6 Å². The second kappa shape index (κ2) is 5.08. The molecule has 2 aromatic carbocycles. The SMILES string of the molecule is CCCCC1C(=O)NC(=O)c2c1ccc1ccccc21. The zero-order valence-electron chi connectivity index (χ0n) is 11.5. The van der Waals surface area contributed by atoms with Crippen LogP contribution in [0.5, 0.6) is 0 Å². The standard InChI is InChI=1S/C17H17NO2/c1-2-3-7-14-13-10-9-11-6-4-5-8-12(11)15(13)17(20)18-16(14)19/h4-6,8-10,14H,2-3,7H2,1H3,(H,18,19,20). The number of carbonyl (C=O) groups excluding carboxylic acids is 2. The van der Waals surface area contributed by atoms with E-state index in [0.29, 0.717) is 5.56 Å². The van der Waals surface area contributed by atoms with Gasteiger partial charge in [-0.05, 0) is 22.8 Å². The molecule has 1 atom stereocenters. The van der Waals surface area contributed by atoms with Gasteiger partial charge in [0, 0.05) is 0 Å². The molecule has 0 saturated heterocycles. The minimum Gasteiger partial charge on any atom is -0.292 e. The lowest BCUT2D eigenvalue weighted by molar-refractivity contribution is -0.122. The summed E-state index contributed by atoms with van der Waals surface area (Å²) in [6, 6.07) is 11.7. The van der Waals surface area contributed by atoms with E-state index in [-0.39, 0.29) is 17.7 Å². The summed E-state index contributed by atoms with van der Waals surface area (Å²) in [7, 11) is 0. The number of carbonyl (C=O) groups is 2. The van der Waals surface area contributed by atoms with E-state index < -0.39 is 0 Å². The van der Waals surface area contributed by atoms with Crippen molar-refractivity contribution in [3.63, 3.8) is 0 Å². The molecule has 0 aromatic heterocycles. The zero-order valence-corrected chi connectivity index (χ0v) is 11.5. The number of imide groups is 1. The first-order valence-corrected chi connectivity index (χ1v) is 7.09. The fourth-order valence-electron chi connectivity index (χ4n) is 2.93. The number of benzene rings is 2. The Kier molecular flexibility index (Phi) is 3.26. The maximum atomic E-state index is 12.2. The first-order chi connectivity index (χ1) is 9.72. The van der Waals surface area contributed by atoms with Crippen LogP contribution in [0.25, 0.3) is 10.8 Å². The van der Waals surface area contributed by atoms with Gasteiger partial charge in [-0.15, -0.1) is 0 Å². The summed E-state index contributed by atoms with van der Waals surface area (Å²) in [4.78, 5) is 24.3. The first kappa shape index (κ1) is 12.9. The van der Waals surface area contributed by atoms with E-state index in [9.17, 15) is 9.59 Å². The van der Waals surface area contributed by atoms with E-state index in [0.717, 1.165) is 35.6 Å². The van der Waals surface area contributed by atoms with Crippen LogP contribution in [-0.2, 0) is 4.79 Å². The van der Waals surface area contributed by atoms with Gasteiger partial charge < -0.3 is 0 Å². The van der Waals surface area contributed by atoms with Crippen molar-refractivity contribution in [1.29, 1.82) is 0 Å². The summed E-state index contributed by atoms with van der Waals surface area (Å²) in [6.45, 7) is 2.10. The molecule has 0 fully saturated rings. The Bertz CT molecular complexity index is 690. The Hall–Kier alpha value is -2.16. The number of rotatable bonds is 3. The van der Waals surface area contributed by atoms with Crippen molar-refractivity contribution in [2.75, 3.05) is 0 Å². The molecule has 2 amide bonds. The average molecular weight is 267 g/mol. The van der Waals surface area contributed by atoms with Crippen LogP contribution in [0.2, 0.25) is 0 Å². The molecule has 3 rings (SSSR count). The molecule has 0 bridgehead atoms. The number of hydrogen-bond acceptors (Lipinski definition) is 2. The van der Waals surface area contributed by atoms with Crippen molar-refractivity contribution in [2.24, 2.45) is 0 Å². The fourth-order valence-corrected chi connectivity index (χ4v) is 2.93. The molecular formula is C17H17NO2. The summed E-state index contributed by atoms with van der Waals surface area (Å²) in [6.07, 6.45) is 2.82. The molecule has 0 spiro atoms. The summed E-state index contributed by atoms with van der Waals surface area (Å²) < 4.78 is 0.